The smallest absolute Gasteiger partial charge is 0.241 e. The van der Waals surface area contributed by atoms with Gasteiger partial charge in [0.05, 0.1) is 16.4 Å². The quantitative estimate of drug-likeness (QED) is 0.441. The molecule has 1 aromatic heterocycles. The molecule has 1 saturated heterocycles. The number of aromatic nitrogens is 2. The molecule has 0 amide bonds. The molecule has 3 aromatic rings. The zero-order chi connectivity index (χ0) is 27.8. The number of hydrogen-bond donors (Lipinski definition) is 2. The summed E-state index contributed by atoms with van der Waals surface area (Å²) in [6.07, 6.45) is 2.57. The van der Waals surface area contributed by atoms with Gasteiger partial charge in [0.25, 0.3) is 0 Å². The number of sulfonamides is 1. The zero-order valence-corrected chi connectivity index (χ0v) is 24.0. The lowest BCUT2D eigenvalue weighted by Gasteiger charge is -2.26. The van der Waals surface area contributed by atoms with Crippen LogP contribution >= 0.6 is 0 Å². The van der Waals surface area contributed by atoms with Crippen LogP contribution in [0, 0.1) is 0 Å². The van der Waals surface area contributed by atoms with Crippen molar-refractivity contribution in [3.63, 3.8) is 0 Å². The average Bonchev–Trinajstić information content (AvgIpc) is 3.28. The van der Waals surface area contributed by atoms with Gasteiger partial charge in [-0.3, -0.25) is 4.90 Å². The van der Waals surface area contributed by atoms with Crippen molar-refractivity contribution in [2.75, 3.05) is 41.4 Å². The van der Waals surface area contributed by atoms with Crippen molar-refractivity contribution in [2.24, 2.45) is 0 Å². The Kier molecular flexibility index (Phi) is 7.40. The molecule has 2 N–H and O–H groups in total. The van der Waals surface area contributed by atoms with Gasteiger partial charge in [-0.1, -0.05) is 18.2 Å². The van der Waals surface area contributed by atoms with E-state index in [4.69, 9.17) is 4.98 Å². The molecule has 39 heavy (non-hydrogen) atoms. The minimum atomic E-state index is -3.67. The highest BCUT2D eigenvalue weighted by Gasteiger charge is 2.26. The van der Waals surface area contributed by atoms with Crippen LogP contribution in [0.15, 0.2) is 59.6 Å². The maximum Gasteiger partial charge on any atom is 0.241 e. The Morgan fingerprint density at radius 3 is 2.41 bits per heavy atom. The first-order valence-corrected chi connectivity index (χ1v) is 16.2. The van der Waals surface area contributed by atoms with E-state index in [1.54, 1.807) is 18.2 Å². The van der Waals surface area contributed by atoms with E-state index in [9.17, 15) is 16.8 Å². The third-order valence-electron chi connectivity index (χ3n) is 6.64. The second kappa shape index (κ2) is 10.5. The van der Waals surface area contributed by atoms with Gasteiger partial charge in [0.15, 0.2) is 9.84 Å². The second-order valence-corrected chi connectivity index (χ2v) is 15.0. The van der Waals surface area contributed by atoms with Gasteiger partial charge in [-0.05, 0) is 63.1 Å². The van der Waals surface area contributed by atoms with Crippen LogP contribution in [-0.2, 0) is 32.8 Å². The standard InChI is InChI=1S/C27H34N6O4S2/c1-27(2,3)31-39(36,37)24-6-4-5-23(17-24)33-12-11-21-18-28-26(30-25(21)33)29-22-9-7-20(8-10-22)19-32-13-15-38(34,35)16-14-32/h4-10,17-18,31H,11-16,19H2,1-3H3,(H,28,29,30). The predicted molar refractivity (Wildman–Crippen MR) is 153 cm³/mol. The normalized spacial score (nSPS) is 17.7. The maximum absolute atomic E-state index is 12.9. The number of benzene rings is 2. The van der Waals surface area contributed by atoms with E-state index < -0.39 is 25.4 Å². The van der Waals surface area contributed by atoms with E-state index >= 15 is 0 Å². The lowest BCUT2D eigenvalue weighted by Crippen LogP contribution is -2.40. The summed E-state index contributed by atoms with van der Waals surface area (Å²) in [6, 6.07) is 14.9. The third kappa shape index (κ3) is 6.75. The summed E-state index contributed by atoms with van der Waals surface area (Å²) in [6.45, 7) is 7.94. The Bertz CT molecular complexity index is 1550. The fraction of sp³-hybridized carbons (Fsp3) is 0.407. The van der Waals surface area contributed by atoms with Crippen LogP contribution in [0.3, 0.4) is 0 Å². The lowest BCUT2D eigenvalue weighted by molar-refractivity contribution is 0.287. The first kappa shape index (κ1) is 27.5. The van der Waals surface area contributed by atoms with Crippen molar-refractivity contribution in [1.82, 2.24) is 19.6 Å². The molecule has 5 rings (SSSR count). The van der Waals surface area contributed by atoms with Gasteiger partial charge in [-0.15, -0.1) is 0 Å². The van der Waals surface area contributed by atoms with E-state index in [1.165, 1.54) is 0 Å². The molecular formula is C27H34N6O4S2. The summed E-state index contributed by atoms with van der Waals surface area (Å²) in [4.78, 5) is 13.6. The van der Waals surface area contributed by atoms with Crippen LogP contribution in [0.4, 0.5) is 23.1 Å². The van der Waals surface area contributed by atoms with Gasteiger partial charge in [0.2, 0.25) is 16.0 Å². The van der Waals surface area contributed by atoms with Crippen LogP contribution in [0.1, 0.15) is 31.9 Å². The Morgan fingerprint density at radius 1 is 1.00 bits per heavy atom. The largest absolute Gasteiger partial charge is 0.326 e. The van der Waals surface area contributed by atoms with E-state index in [0.29, 0.717) is 32.1 Å². The van der Waals surface area contributed by atoms with E-state index in [0.717, 1.165) is 34.7 Å². The molecule has 12 heteroatoms. The fourth-order valence-electron chi connectivity index (χ4n) is 4.73. The molecule has 2 aliphatic heterocycles. The molecule has 0 bridgehead atoms. The van der Waals surface area contributed by atoms with Crippen LogP contribution in [0.2, 0.25) is 0 Å². The highest BCUT2D eigenvalue weighted by molar-refractivity contribution is 7.91. The zero-order valence-electron chi connectivity index (χ0n) is 22.4. The number of nitrogens with zero attached hydrogens (tertiary/aromatic N) is 4. The highest BCUT2D eigenvalue weighted by Crippen LogP contribution is 2.34. The summed E-state index contributed by atoms with van der Waals surface area (Å²) in [5.41, 5.74) is 3.12. The van der Waals surface area contributed by atoms with Crippen molar-refractivity contribution in [3.05, 3.63) is 65.9 Å². The Hall–Kier alpha value is -3.06. The van der Waals surface area contributed by atoms with Crippen LogP contribution in [0.5, 0.6) is 0 Å². The second-order valence-electron chi connectivity index (χ2n) is 11.0. The molecule has 3 heterocycles. The van der Waals surface area contributed by atoms with Crippen LogP contribution in [-0.4, -0.2) is 68.4 Å². The number of rotatable bonds is 7. The van der Waals surface area contributed by atoms with E-state index in [1.807, 2.05) is 62.2 Å². The van der Waals surface area contributed by atoms with Gasteiger partial charge in [-0.25, -0.2) is 26.5 Å². The molecule has 2 aliphatic rings. The third-order valence-corrected chi connectivity index (χ3v) is 10.0. The minimum absolute atomic E-state index is 0.210. The Morgan fingerprint density at radius 2 is 1.72 bits per heavy atom. The number of hydrogen-bond acceptors (Lipinski definition) is 9. The molecular weight excluding hydrogens is 536 g/mol. The molecule has 2 aromatic carbocycles. The number of anilines is 4. The van der Waals surface area contributed by atoms with Crippen molar-refractivity contribution in [1.29, 1.82) is 0 Å². The van der Waals surface area contributed by atoms with Crippen molar-refractivity contribution in [2.45, 2.75) is 44.2 Å². The summed E-state index contributed by atoms with van der Waals surface area (Å²) in [5, 5.41) is 3.26. The summed E-state index contributed by atoms with van der Waals surface area (Å²) >= 11 is 0. The molecule has 0 atom stereocenters. The topological polar surface area (TPSA) is 125 Å². The number of fused-ring (bicyclic) bond motifs is 1. The first-order valence-electron chi connectivity index (χ1n) is 12.9. The molecule has 0 radical (unpaired) electrons. The maximum atomic E-state index is 12.9. The molecule has 0 unspecified atom stereocenters. The summed E-state index contributed by atoms with van der Waals surface area (Å²) < 4.78 is 51.8. The van der Waals surface area contributed by atoms with E-state index in [-0.39, 0.29) is 16.4 Å². The van der Waals surface area contributed by atoms with Gasteiger partial charge in [0.1, 0.15) is 5.82 Å². The minimum Gasteiger partial charge on any atom is -0.326 e. The van der Waals surface area contributed by atoms with Gasteiger partial charge in [0, 0.05) is 54.9 Å². The molecule has 208 valence electrons. The number of nitrogens with one attached hydrogen (secondary N) is 2. The average molecular weight is 571 g/mol. The Labute approximate surface area is 230 Å². The van der Waals surface area contributed by atoms with Crippen molar-refractivity contribution >= 4 is 43.0 Å². The molecule has 1 fully saturated rings. The van der Waals surface area contributed by atoms with Gasteiger partial charge >= 0.3 is 0 Å². The summed E-state index contributed by atoms with van der Waals surface area (Å²) in [5.74, 6) is 1.64. The van der Waals surface area contributed by atoms with Crippen LogP contribution in [0.25, 0.3) is 0 Å². The SMILES string of the molecule is CC(C)(C)NS(=O)(=O)c1cccc(N2CCc3cnc(Nc4ccc(CN5CCS(=O)(=O)CC5)cc4)nc32)c1. The van der Waals surface area contributed by atoms with Crippen LogP contribution < -0.4 is 14.9 Å². The first-order chi connectivity index (χ1) is 18.4. The predicted octanol–water partition coefficient (Wildman–Crippen LogP) is 3.22. The Balaban J connectivity index is 1.29. The molecule has 0 aliphatic carbocycles. The lowest BCUT2D eigenvalue weighted by atomic mass is 10.1. The summed E-state index contributed by atoms with van der Waals surface area (Å²) in [7, 11) is -6.56. The fourth-order valence-corrected chi connectivity index (χ4v) is 7.46. The van der Waals surface area contributed by atoms with Crippen molar-refractivity contribution < 1.29 is 16.8 Å². The monoisotopic (exact) mass is 570 g/mol. The molecule has 10 nitrogen and oxygen atoms in total. The van der Waals surface area contributed by atoms with E-state index in [2.05, 4.69) is 19.9 Å². The molecule has 0 spiro atoms. The highest BCUT2D eigenvalue weighted by atomic mass is 32.2. The van der Waals surface area contributed by atoms with Gasteiger partial charge in [-0.2, -0.15) is 4.98 Å². The number of sulfone groups is 1. The molecule has 0 saturated carbocycles. The van der Waals surface area contributed by atoms with Gasteiger partial charge < -0.3 is 10.2 Å². The van der Waals surface area contributed by atoms with Crippen molar-refractivity contribution in [3.8, 4) is 0 Å².